The Morgan fingerprint density at radius 3 is 2.26 bits per heavy atom. The van der Waals surface area contributed by atoms with Crippen molar-refractivity contribution in [2.24, 2.45) is 0 Å². The minimum absolute atomic E-state index is 0.0241. The fourth-order valence-corrected chi connectivity index (χ4v) is 4.08. The van der Waals surface area contributed by atoms with E-state index in [1.54, 1.807) is 30.3 Å². The van der Waals surface area contributed by atoms with E-state index in [1.165, 1.54) is 17.0 Å². The zero-order valence-electron chi connectivity index (χ0n) is 16.3. The third kappa shape index (κ3) is 3.94. The quantitative estimate of drug-likeness (QED) is 0.266. The standard InChI is InChI=1S/C24H16Cl3NO3/c1-13-3-2-4-14(11-13)21-20(22(29)15-5-10-18(26)19(27)12-15)23(30)24(31)28(21)17-8-6-16(25)7-9-17/h2-12,21,29H,1H3/b22-20-. The van der Waals surface area contributed by atoms with Crippen LogP contribution in [0.4, 0.5) is 5.69 Å². The van der Waals surface area contributed by atoms with Crippen LogP contribution >= 0.6 is 34.8 Å². The summed E-state index contributed by atoms with van der Waals surface area (Å²) in [6, 6.07) is 17.8. The van der Waals surface area contributed by atoms with Gasteiger partial charge in [-0.2, -0.15) is 0 Å². The van der Waals surface area contributed by atoms with Gasteiger partial charge in [-0.15, -0.1) is 0 Å². The van der Waals surface area contributed by atoms with Gasteiger partial charge in [0, 0.05) is 16.3 Å². The summed E-state index contributed by atoms with van der Waals surface area (Å²) >= 11 is 18.1. The van der Waals surface area contributed by atoms with E-state index >= 15 is 0 Å². The van der Waals surface area contributed by atoms with E-state index in [4.69, 9.17) is 34.8 Å². The van der Waals surface area contributed by atoms with E-state index in [1.807, 2.05) is 31.2 Å². The van der Waals surface area contributed by atoms with Crippen LogP contribution in [0.25, 0.3) is 5.76 Å². The molecule has 3 aromatic rings. The molecule has 1 aliphatic heterocycles. The highest BCUT2D eigenvalue weighted by Crippen LogP contribution is 2.42. The highest BCUT2D eigenvalue weighted by Gasteiger charge is 2.47. The van der Waals surface area contributed by atoms with Crippen LogP contribution in [0.5, 0.6) is 0 Å². The predicted molar refractivity (Wildman–Crippen MR) is 124 cm³/mol. The molecule has 3 aromatic carbocycles. The number of nitrogens with zero attached hydrogens (tertiary/aromatic N) is 1. The number of hydrogen-bond donors (Lipinski definition) is 1. The first kappa shape index (κ1) is 21.4. The van der Waals surface area contributed by atoms with E-state index in [2.05, 4.69) is 0 Å². The lowest BCUT2D eigenvalue weighted by molar-refractivity contribution is -0.132. The first-order valence-corrected chi connectivity index (χ1v) is 10.5. The second-order valence-corrected chi connectivity index (χ2v) is 8.44. The summed E-state index contributed by atoms with van der Waals surface area (Å²) in [5.74, 6) is -1.85. The molecule has 1 atom stereocenters. The van der Waals surface area contributed by atoms with Gasteiger partial charge in [0.25, 0.3) is 11.7 Å². The van der Waals surface area contributed by atoms with Crippen molar-refractivity contribution >= 4 is 57.9 Å². The molecule has 1 unspecified atom stereocenters. The molecule has 1 N–H and O–H groups in total. The number of aryl methyl sites for hydroxylation is 1. The number of anilines is 1. The first-order valence-electron chi connectivity index (χ1n) is 9.36. The van der Waals surface area contributed by atoms with Gasteiger partial charge in [0.2, 0.25) is 0 Å². The van der Waals surface area contributed by atoms with Gasteiger partial charge in [-0.3, -0.25) is 14.5 Å². The SMILES string of the molecule is Cc1cccc(C2/C(=C(/O)c3ccc(Cl)c(Cl)c3)C(=O)C(=O)N2c2ccc(Cl)cc2)c1. The van der Waals surface area contributed by atoms with Crippen molar-refractivity contribution in [3.05, 3.63) is 104 Å². The van der Waals surface area contributed by atoms with Gasteiger partial charge in [-0.25, -0.2) is 0 Å². The van der Waals surface area contributed by atoms with Gasteiger partial charge in [0.1, 0.15) is 5.76 Å². The van der Waals surface area contributed by atoms with E-state index < -0.39 is 17.7 Å². The number of aliphatic hydroxyl groups excluding tert-OH is 1. The predicted octanol–water partition coefficient (Wildman–Crippen LogP) is 6.58. The second kappa shape index (κ2) is 8.39. The molecule has 1 fully saturated rings. The van der Waals surface area contributed by atoms with Crippen LogP contribution in [0, 0.1) is 6.92 Å². The lowest BCUT2D eigenvalue weighted by atomic mass is 9.94. The van der Waals surface area contributed by atoms with Crippen molar-refractivity contribution in [2.75, 3.05) is 4.90 Å². The van der Waals surface area contributed by atoms with Crippen LogP contribution in [0.15, 0.2) is 72.3 Å². The molecule has 0 aromatic heterocycles. The number of rotatable bonds is 3. The second-order valence-electron chi connectivity index (χ2n) is 7.19. The number of hydrogen-bond acceptors (Lipinski definition) is 3. The van der Waals surface area contributed by atoms with E-state index in [0.717, 1.165) is 5.56 Å². The molecule has 0 spiro atoms. The van der Waals surface area contributed by atoms with Crippen molar-refractivity contribution < 1.29 is 14.7 Å². The average molecular weight is 473 g/mol. The van der Waals surface area contributed by atoms with Gasteiger partial charge in [-0.05, 0) is 55.0 Å². The molecule has 31 heavy (non-hydrogen) atoms. The Kier molecular flexibility index (Phi) is 5.80. The summed E-state index contributed by atoms with van der Waals surface area (Å²) in [5.41, 5.74) is 2.40. The molecule has 4 nitrogen and oxygen atoms in total. The monoisotopic (exact) mass is 471 g/mol. The molecule has 1 amide bonds. The number of halogens is 3. The van der Waals surface area contributed by atoms with Crippen LogP contribution in [0.3, 0.4) is 0 Å². The highest BCUT2D eigenvalue weighted by molar-refractivity contribution is 6.52. The van der Waals surface area contributed by atoms with Crippen LogP contribution in [0.1, 0.15) is 22.7 Å². The number of amides is 1. The fraction of sp³-hybridized carbons (Fsp3) is 0.0833. The summed E-state index contributed by atoms with van der Waals surface area (Å²) in [6.45, 7) is 1.91. The lowest BCUT2D eigenvalue weighted by Crippen LogP contribution is -2.29. The maximum atomic E-state index is 13.1. The molecule has 0 saturated carbocycles. The number of carbonyl (C=O) groups excluding carboxylic acids is 2. The molecule has 156 valence electrons. The largest absolute Gasteiger partial charge is 0.507 e. The summed E-state index contributed by atoms with van der Waals surface area (Å²) in [7, 11) is 0. The van der Waals surface area contributed by atoms with Gasteiger partial charge in [-0.1, -0.05) is 64.6 Å². The molecule has 1 aliphatic rings. The minimum atomic E-state index is -0.824. The van der Waals surface area contributed by atoms with E-state index in [0.29, 0.717) is 26.9 Å². The maximum Gasteiger partial charge on any atom is 0.300 e. The molecular formula is C24H16Cl3NO3. The zero-order chi connectivity index (χ0) is 22.3. The minimum Gasteiger partial charge on any atom is -0.507 e. The number of ketones is 1. The van der Waals surface area contributed by atoms with E-state index in [9.17, 15) is 14.7 Å². The number of benzene rings is 3. The molecular weight excluding hydrogens is 457 g/mol. The third-order valence-electron chi connectivity index (χ3n) is 5.10. The molecule has 4 rings (SSSR count). The molecule has 1 heterocycles. The number of carbonyl (C=O) groups is 2. The molecule has 1 saturated heterocycles. The Morgan fingerprint density at radius 1 is 0.903 bits per heavy atom. The van der Waals surface area contributed by atoms with Gasteiger partial charge in [0.15, 0.2) is 0 Å². The van der Waals surface area contributed by atoms with E-state index in [-0.39, 0.29) is 16.4 Å². The topological polar surface area (TPSA) is 57.6 Å². The van der Waals surface area contributed by atoms with Crippen molar-refractivity contribution in [1.82, 2.24) is 0 Å². The Labute approximate surface area is 194 Å². The van der Waals surface area contributed by atoms with Gasteiger partial charge in [0.05, 0.1) is 21.7 Å². The first-order chi connectivity index (χ1) is 14.8. The normalized spacial score (nSPS) is 17.9. The summed E-state index contributed by atoms with van der Waals surface area (Å²) in [4.78, 5) is 27.5. The van der Waals surface area contributed by atoms with Crippen LogP contribution in [-0.2, 0) is 9.59 Å². The van der Waals surface area contributed by atoms with Crippen LogP contribution in [0.2, 0.25) is 15.1 Å². The Bertz CT molecular complexity index is 1240. The van der Waals surface area contributed by atoms with Crippen molar-refractivity contribution in [3.63, 3.8) is 0 Å². The fourth-order valence-electron chi connectivity index (χ4n) is 3.66. The summed E-state index contributed by atoms with van der Waals surface area (Å²) in [5, 5.41) is 12.1. The lowest BCUT2D eigenvalue weighted by Gasteiger charge is -2.25. The Hall–Kier alpha value is -2.79. The number of Topliss-reactive ketones (excluding diaryl/α,β-unsaturated/α-hetero) is 1. The Morgan fingerprint density at radius 2 is 1.61 bits per heavy atom. The van der Waals surface area contributed by atoms with Crippen molar-refractivity contribution in [1.29, 1.82) is 0 Å². The number of aliphatic hydroxyl groups is 1. The van der Waals surface area contributed by atoms with Crippen LogP contribution < -0.4 is 4.90 Å². The average Bonchev–Trinajstić information content (AvgIpc) is 3.01. The van der Waals surface area contributed by atoms with Crippen LogP contribution in [-0.4, -0.2) is 16.8 Å². The molecule has 0 bridgehead atoms. The highest BCUT2D eigenvalue weighted by atomic mass is 35.5. The van der Waals surface area contributed by atoms with Crippen molar-refractivity contribution in [3.8, 4) is 0 Å². The molecule has 7 heteroatoms. The summed E-state index contributed by atoms with van der Waals surface area (Å²) < 4.78 is 0. The zero-order valence-corrected chi connectivity index (χ0v) is 18.5. The smallest absolute Gasteiger partial charge is 0.300 e. The Balaban J connectivity index is 1.96. The molecule has 0 aliphatic carbocycles. The maximum absolute atomic E-state index is 13.1. The molecule has 0 radical (unpaired) electrons. The third-order valence-corrected chi connectivity index (χ3v) is 6.09. The van der Waals surface area contributed by atoms with Gasteiger partial charge < -0.3 is 5.11 Å². The van der Waals surface area contributed by atoms with Crippen molar-refractivity contribution in [2.45, 2.75) is 13.0 Å². The van der Waals surface area contributed by atoms with Gasteiger partial charge >= 0.3 is 0 Å². The summed E-state index contributed by atoms with van der Waals surface area (Å²) in [6.07, 6.45) is 0.